The number of anilines is 1. The predicted octanol–water partition coefficient (Wildman–Crippen LogP) is 6.54. The Morgan fingerprint density at radius 2 is 1.58 bits per heavy atom. The highest BCUT2D eigenvalue weighted by molar-refractivity contribution is 5.82. The van der Waals surface area contributed by atoms with Crippen LogP contribution in [0.2, 0.25) is 0 Å². The molecule has 2 N–H and O–H groups in total. The van der Waals surface area contributed by atoms with Crippen molar-refractivity contribution in [2.24, 2.45) is 17.8 Å². The summed E-state index contributed by atoms with van der Waals surface area (Å²) in [6.45, 7) is 13.5. The van der Waals surface area contributed by atoms with Gasteiger partial charge in [0.25, 0.3) is 0 Å². The van der Waals surface area contributed by atoms with E-state index in [2.05, 4.69) is 46.9 Å². The zero-order valence-electron chi connectivity index (χ0n) is 16.2. The molecule has 136 valence electrons. The van der Waals surface area contributed by atoms with E-state index < -0.39 is 6.09 Å². The molecule has 1 fully saturated rings. The molecule has 0 atom stereocenters. The van der Waals surface area contributed by atoms with Crippen LogP contribution in [0.3, 0.4) is 0 Å². The van der Waals surface area contributed by atoms with Gasteiger partial charge in [-0.15, -0.1) is 0 Å². The third-order valence-electron chi connectivity index (χ3n) is 5.01. The van der Waals surface area contributed by atoms with Gasteiger partial charge < -0.3 is 5.11 Å². The monoisotopic (exact) mass is 333 g/mol. The van der Waals surface area contributed by atoms with Crippen molar-refractivity contribution in [1.29, 1.82) is 0 Å². The van der Waals surface area contributed by atoms with E-state index in [9.17, 15) is 4.79 Å². The Hall–Kier alpha value is -1.51. The highest BCUT2D eigenvalue weighted by Gasteiger charge is 2.20. The van der Waals surface area contributed by atoms with Crippen LogP contribution in [0.5, 0.6) is 0 Å². The normalized spacial score (nSPS) is 21.0. The molecule has 1 aliphatic rings. The maximum Gasteiger partial charge on any atom is 0.409 e. The second-order valence-electron chi connectivity index (χ2n) is 8.52. The van der Waals surface area contributed by atoms with Gasteiger partial charge in [-0.25, -0.2) is 4.79 Å². The lowest BCUT2D eigenvalue weighted by atomic mass is 9.78. The first-order chi connectivity index (χ1) is 11.1. The van der Waals surface area contributed by atoms with E-state index in [1.807, 2.05) is 12.1 Å². The number of amides is 1. The molecular formula is C21H35NO2. The van der Waals surface area contributed by atoms with E-state index in [4.69, 9.17) is 5.11 Å². The lowest BCUT2D eigenvalue weighted by Gasteiger charge is -2.28. The van der Waals surface area contributed by atoms with E-state index in [1.54, 1.807) is 12.1 Å². The number of carboxylic acid groups (broad SMARTS) is 1. The molecule has 1 aliphatic carbocycles. The number of rotatable bonds is 2. The minimum absolute atomic E-state index is 0.0990. The van der Waals surface area contributed by atoms with Crippen LogP contribution < -0.4 is 5.32 Å². The third kappa shape index (κ3) is 7.37. The maximum absolute atomic E-state index is 10.3. The molecule has 1 aromatic carbocycles. The molecule has 1 amide bonds. The van der Waals surface area contributed by atoms with E-state index in [0.29, 0.717) is 5.69 Å². The lowest BCUT2D eigenvalue weighted by molar-refractivity contribution is 0.210. The Bertz CT molecular complexity index is 492. The van der Waals surface area contributed by atoms with E-state index in [0.717, 1.165) is 17.8 Å². The molecular weight excluding hydrogens is 298 g/mol. The zero-order valence-corrected chi connectivity index (χ0v) is 16.2. The van der Waals surface area contributed by atoms with Gasteiger partial charge in [0.05, 0.1) is 0 Å². The average molecular weight is 334 g/mol. The van der Waals surface area contributed by atoms with Crippen molar-refractivity contribution in [2.75, 3.05) is 5.32 Å². The molecule has 1 saturated carbocycles. The maximum atomic E-state index is 10.3. The Morgan fingerprint density at radius 3 is 1.96 bits per heavy atom. The Labute approximate surface area is 147 Å². The van der Waals surface area contributed by atoms with Crippen LogP contribution in [-0.4, -0.2) is 11.2 Å². The first kappa shape index (κ1) is 20.5. The highest BCUT2D eigenvalue weighted by Crippen LogP contribution is 2.32. The smallest absolute Gasteiger partial charge is 0.409 e. The van der Waals surface area contributed by atoms with Crippen molar-refractivity contribution < 1.29 is 9.90 Å². The lowest BCUT2D eigenvalue weighted by Crippen LogP contribution is -2.16. The molecule has 0 radical (unpaired) electrons. The van der Waals surface area contributed by atoms with Crippen LogP contribution in [0.1, 0.15) is 72.8 Å². The van der Waals surface area contributed by atoms with Gasteiger partial charge in [-0.1, -0.05) is 66.5 Å². The van der Waals surface area contributed by atoms with Crippen LogP contribution in [-0.2, 0) is 5.41 Å². The molecule has 24 heavy (non-hydrogen) atoms. The molecule has 0 saturated heterocycles. The molecule has 3 heteroatoms. The zero-order chi connectivity index (χ0) is 18.3. The fraction of sp³-hybridized carbons (Fsp3) is 0.667. The van der Waals surface area contributed by atoms with Crippen molar-refractivity contribution in [3.05, 3.63) is 29.8 Å². The number of hydrogen-bond donors (Lipinski definition) is 2. The van der Waals surface area contributed by atoms with Crippen molar-refractivity contribution in [3.8, 4) is 0 Å². The minimum atomic E-state index is -1.03. The second-order valence-corrected chi connectivity index (χ2v) is 8.52. The standard InChI is InChI=1S/C11H15NO2.C10H20/c1-11(2,3)8-4-6-9(7-5-8)12-10(13)14;1-8(2)10-6-4-9(3)5-7-10/h4-7,12H,1-3H3,(H,13,14);8-10H,4-7H2,1-3H3. The van der Waals surface area contributed by atoms with Crippen LogP contribution in [0.15, 0.2) is 24.3 Å². The van der Waals surface area contributed by atoms with Gasteiger partial charge in [-0.2, -0.15) is 0 Å². The first-order valence-electron chi connectivity index (χ1n) is 9.20. The molecule has 0 heterocycles. The van der Waals surface area contributed by atoms with Crippen LogP contribution in [0, 0.1) is 17.8 Å². The Balaban J connectivity index is 0.000000254. The summed E-state index contributed by atoms with van der Waals surface area (Å²) in [7, 11) is 0. The molecule has 0 aromatic heterocycles. The Kier molecular flexibility index (Phi) is 7.78. The molecule has 0 aliphatic heterocycles. The van der Waals surface area contributed by atoms with Crippen LogP contribution >= 0.6 is 0 Å². The number of carbonyl (C=O) groups is 1. The molecule has 1 aromatic rings. The summed E-state index contributed by atoms with van der Waals surface area (Å²) < 4.78 is 0. The fourth-order valence-electron chi connectivity index (χ4n) is 3.13. The number of benzene rings is 1. The number of hydrogen-bond acceptors (Lipinski definition) is 1. The van der Waals surface area contributed by atoms with Gasteiger partial charge in [-0.05, 0) is 53.7 Å². The minimum Gasteiger partial charge on any atom is -0.465 e. The topological polar surface area (TPSA) is 49.3 Å². The predicted molar refractivity (Wildman–Crippen MR) is 103 cm³/mol. The van der Waals surface area contributed by atoms with Crippen molar-refractivity contribution in [2.45, 2.75) is 72.6 Å². The summed E-state index contributed by atoms with van der Waals surface area (Å²) in [4.78, 5) is 10.3. The van der Waals surface area contributed by atoms with Gasteiger partial charge in [-0.3, -0.25) is 5.32 Å². The van der Waals surface area contributed by atoms with Gasteiger partial charge in [0.1, 0.15) is 0 Å². The molecule has 0 unspecified atom stereocenters. The molecule has 2 rings (SSSR count). The summed E-state index contributed by atoms with van der Waals surface area (Å²) in [5.41, 5.74) is 1.89. The van der Waals surface area contributed by atoms with Gasteiger partial charge in [0, 0.05) is 5.69 Å². The van der Waals surface area contributed by atoms with Crippen molar-refractivity contribution >= 4 is 11.8 Å². The fourth-order valence-corrected chi connectivity index (χ4v) is 3.13. The summed E-state index contributed by atoms with van der Waals surface area (Å²) in [5, 5.41) is 10.8. The molecule has 3 nitrogen and oxygen atoms in total. The van der Waals surface area contributed by atoms with E-state index in [1.165, 1.54) is 31.2 Å². The third-order valence-corrected chi connectivity index (χ3v) is 5.01. The van der Waals surface area contributed by atoms with Gasteiger partial charge >= 0.3 is 6.09 Å². The summed E-state index contributed by atoms with van der Waals surface area (Å²) >= 11 is 0. The molecule has 0 bridgehead atoms. The average Bonchev–Trinajstić information content (AvgIpc) is 2.47. The van der Waals surface area contributed by atoms with Crippen LogP contribution in [0.4, 0.5) is 10.5 Å². The highest BCUT2D eigenvalue weighted by atomic mass is 16.4. The summed E-state index contributed by atoms with van der Waals surface area (Å²) in [6, 6.07) is 7.42. The summed E-state index contributed by atoms with van der Waals surface area (Å²) in [5.74, 6) is 2.97. The van der Waals surface area contributed by atoms with E-state index in [-0.39, 0.29) is 5.41 Å². The number of nitrogens with one attached hydrogen (secondary N) is 1. The van der Waals surface area contributed by atoms with Gasteiger partial charge in [0.2, 0.25) is 0 Å². The van der Waals surface area contributed by atoms with Gasteiger partial charge in [0.15, 0.2) is 0 Å². The van der Waals surface area contributed by atoms with E-state index >= 15 is 0 Å². The van der Waals surface area contributed by atoms with Crippen molar-refractivity contribution in [1.82, 2.24) is 0 Å². The van der Waals surface area contributed by atoms with Crippen molar-refractivity contribution in [3.63, 3.8) is 0 Å². The first-order valence-corrected chi connectivity index (χ1v) is 9.20. The van der Waals surface area contributed by atoms with Crippen LogP contribution in [0.25, 0.3) is 0 Å². The molecule has 0 spiro atoms. The Morgan fingerprint density at radius 1 is 1.08 bits per heavy atom. The second kappa shape index (κ2) is 9.10. The quantitative estimate of drug-likeness (QED) is 0.645. The largest absolute Gasteiger partial charge is 0.465 e. The summed E-state index contributed by atoms with van der Waals surface area (Å²) in [6.07, 6.45) is 4.89. The SMILES string of the molecule is CC(C)(C)c1ccc(NC(=O)O)cc1.CC1CCC(C(C)C)CC1.